The van der Waals surface area contributed by atoms with Crippen LogP contribution in [0.2, 0.25) is 0 Å². The highest BCUT2D eigenvalue weighted by molar-refractivity contribution is 5.85. The number of aromatic nitrogens is 4. The Morgan fingerprint density at radius 2 is 2.06 bits per heavy atom. The Balaban J connectivity index is 1.82. The summed E-state index contributed by atoms with van der Waals surface area (Å²) in [5.41, 5.74) is 0.714. The van der Waals surface area contributed by atoms with Gasteiger partial charge in [-0.25, -0.2) is 9.97 Å². The summed E-state index contributed by atoms with van der Waals surface area (Å²) >= 11 is 0. The van der Waals surface area contributed by atoms with Crippen molar-refractivity contribution in [1.82, 2.24) is 19.7 Å². The number of nitrogens with one attached hydrogen (secondary N) is 1. The van der Waals surface area contributed by atoms with Crippen LogP contribution in [-0.4, -0.2) is 37.0 Å². The van der Waals surface area contributed by atoms with E-state index in [1.54, 1.807) is 4.68 Å². The highest BCUT2D eigenvalue weighted by atomic mass is 16.3. The summed E-state index contributed by atoms with van der Waals surface area (Å²) in [6, 6.07) is 0.381. The fraction of sp³-hybridized carbons (Fsp3) is 0.583. The van der Waals surface area contributed by atoms with Gasteiger partial charge in [-0.3, -0.25) is 4.68 Å². The molecule has 6 nitrogen and oxygen atoms in total. The fourth-order valence-corrected chi connectivity index (χ4v) is 2.48. The number of hydrogen-bond donors (Lipinski definition) is 2. The highest BCUT2D eigenvalue weighted by Gasteiger charge is 2.20. The molecule has 1 saturated carbocycles. The Morgan fingerprint density at radius 3 is 2.83 bits per heavy atom. The molecule has 2 aromatic rings. The Labute approximate surface area is 105 Å². The average Bonchev–Trinajstić information content (AvgIpc) is 2.73. The van der Waals surface area contributed by atoms with Crippen LogP contribution in [0.3, 0.4) is 0 Å². The Kier molecular flexibility index (Phi) is 2.87. The maximum Gasteiger partial charge on any atom is 0.186 e. The molecule has 6 heteroatoms. The van der Waals surface area contributed by atoms with Crippen LogP contribution in [0.1, 0.15) is 25.7 Å². The molecule has 0 spiro atoms. The van der Waals surface area contributed by atoms with Crippen molar-refractivity contribution in [3.8, 4) is 0 Å². The van der Waals surface area contributed by atoms with Gasteiger partial charge in [0.25, 0.3) is 0 Å². The first kappa shape index (κ1) is 11.4. The van der Waals surface area contributed by atoms with Crippen molar-refractivity contribution in [3.05, 3.63) is 12.5 Å². The summed E-state index contributed by atoms with van der Waals surface area (Å²) in [5.74, 6) is 0.842. The summed E-state index contributed by atoms with van der Waals surface area (Å²) in [7, 11) is 1.88. The monoisotopic (exact) mass is 247 g/mol. The van der Waals surface area contributed by atoms with Crippen LogP contribution in [-0.2, 0) is 7.05 Å². The lowest BCUT2D eigenvalue weighted by Crippen LogP contribution is -2.28. The second-order valence-electron chi connectivity index (χ2n) is 4.91. The van der Waals surface area contributed by atoms with Crippen molar-refractivity contribution in [3.63, 3.8) is 0 Å². The topological polar surface area (TPSA) is 75.9 Å². The van der Waals surface area contributed by atoms with Gasteiger partial charge < -0.3 is 10.4 Å². The average molecular weight is 247 g/mol. The van der Waals surface area contributed by atoms with Gasteiger partial charge in [-0.05, 0) is 25.7 Å². The molecule has 1 aliphatic rings. The molecule has 1 fully saturated rings. The van der Waals surface area contributed by atoms with E-state index in [4.69, 9.17) is 0 Å². The SMILES string of the molecule is Cn1cc2c(NC3CCC(O)CC3)ncnc2n1. The number of aliphatic hydroxyl groups is 1. The lowest BCUT2D eigenvalue weighted by molar-refractivity contribution is 0.126. The van der Waals surface area contributed by atoms with Crippen molar-refractivity contribution in [2.75, 3.05) is 5.32 Å². The predicted octanol–water partition coefficient (Wildman–Crippen LogP) is 1.08. The van der Waals surface area contributed by atoms with Gasteiger partial charge in [-0.15, -0.1) is 0 Å². The van der Waals surface area contributed by atoms with Crippen molar-refractivity contribution in [2.45, 2.75) is 37.8 Å². The molecule has 2 aromatic heterocycles. The Morgan fingerprint density at radius 1 is 1.28 bits per heavy atom. The quantitative estimate of drug-likeness (QED) is 0.830. The summed E-state index contributed by atoms with van der Waals surface area (Å²) in [6.45, 7) is 0. The van der Waals surface area contributed by atoms with E-state index in [-0.39, 0.29) is 6.10 Å². The van der Waals surface area contributed by atoms with Crippen LogP contribution >= 0.6 is 0 Å². The van der Waals surface area contributed by atoms with Crippen molar-refractivity contribution in [1.29, 1.82) is 0 Å². The largest absolute Gasteiger partial charge is 0.393 e. The third-order valence-electron chi connectivity index (χ3n) is 3.47. The van der Waals surface area contributed by atoms with Crippen LogP contribution in [0.15, 0.2) is 12.5 Å². The molecule has 18 heavy (non-hydrogen) atoms. The van der Waals surface area contributed by atoms with Gasteiger partial charge in [0.2, 0.25) is 0 Å². The minimum Gasteiger partial charge on any atom is -0.393 e. The van der Waals surface area contributed by atoms with E-state index >= 15 is 0 Å². The zero-order chi connectivity index (χ0) is 12.5. The molecule has 2 N–H and O–H groups in total. The lowest BCUT2D eigenvalue weighted by Gasteiger charge is -2.26. The summed E-state index contributed by atoms with van der Waals surface area (Å²) in [6.07, 6.45) is 7.01. The van der Waals surface area contributed by atoms with Crippen molar-refractivity contribution >= 4 is 16.9 Å². The van der Waals surface area contributed by atoms with Crippen LogP contribution in [0.25, 0.3) is 11.0 Å². The van der Waals surface area contributed by atoms with E-state index in [2.05, 4.69) is 20.4 Å². The maximum atomic E-state index is 9.50. The van der Waals surface area contributed by atoms with Crippen LogP contribution in [0.5, 0.6) is 0 Å². The molecule has 0 bridgehead atoms. The van der Waals surface area contributed by atoms with E-state index in [0.29, 0.717) is 11.7 Å². The van der Waals surface area contributed by atoms with Gasteiger partial charge in [0.05, 0.1) is 11.5 Å². The van der Waals surface area contributed by atoms with Gasteiger partial charge >= 0.3 is 0 Å². The number of aliphatic hydroxyl groups excluding tert-OH is 1. The van der Waals surface area contributed by atoms with E-state index in [9.17, 15) is 5.11 Å². The number of fused-ring (bicyclic) bond motifs is 1. The first-order valence-corrected chi connectivity index (χ1v) is 6.31. The number of hydrogen-bond acceptors (Lipinski definition) is 5. The minimum absolute atomic E-state index is 0.133. The third-order valence-corrected chi connectivity index (χ3v) is 3.47. The molecule has 0 unspecified atom stereocenters. The van der Waals surface area contributed by atoms with Crippen molar-refractivity contribution in [2.24, 2.45) is 7.05 Å². The van der Waals surface area contributed by atoms with Gasteiger partial charge in [0, 0.05) is 19.3 Å². The van der Waals surface area contributed by atoms with E-state index in [1.807, 2.05) is 13.2 Å². The summed E-state index contributed by atoms with van der Waals surface area (Å²) < 4.78 is 1.75. The number of aryl methyl sites for hydroxylation is 1. The van der Waals surface area contributed by atoms with Gasteiger partial charge in [0.15, 0.2) is 5.65 Å². The molecule has 2 heterocycles. The first-order chi connectivity index (χ1) is 8.72. The summed E-state index contributed by atoms with van der Waals surface area (Å²) in [4.78, 5) is 8.44. The smallest absolute Gasteiger partial charge is 0.186 e. The molecule has 0 radical (unpaired) electrons. The predicted molar refractivity (Wildman–Crippen MR) is 68.2 cm³/mol. The molecule has 96 valence electrons. The molecule has 0 aliphatic heterocycles. The van der Waals surface area contributed by atoms with E-state index in [1.165, 1.54) is 6.33 Å². The highest BCUT2D eigenvalue weighted by Crippen LogP contribution is 2.24. The van der Waals surface area contributed by atoms with Gasteiger partial charge in [-0.1, -0.05) is 0 Å². The first-order valence-electron chi connectivity index (χ1n) is 6.31. The second-order valence-corrected chi connectivity index (χ2v) is 4.91. The normalized spacial score (nSPS) is 24.3. The van der Waals surface area contributed by atoms with Gasteiger partial charge in [0.1, 0.15) is 12.1 Å². The fourth-order valence-electron chi connectivity index (χ4n) is 2.48. The number of nitrogens with zero attached hydrogens (tertiary/aromatic N) is 4. The van der Waals surface area contributed by atoms with Crippen molar-refractivity contribution < 1.29 is 5.11 Å². The summed E-state index contributed by atoms with van der Waals surface area (Å²) in [5, 5.41) is 18.2. The molecule has 1 aliphatic carbocycles. The molecule has 0 amide bonds. The maximum absolute atomic E-state index is 9.50. The minimum atomic E-state index is -0.133. The molecule has 0 aromatic carbocycles. The van der Waals surface area contributed by atoms with Crippen LogP contribution < -0.4 is 5.32 Å². The van der Waals surface area contributed by atoms with Crippen LogP contribution in [0.4, 0.5) is 5.82 Å². The Bertz CT molecular complexity index is 544. The third kappa shape index (κ3) is 2.15. The molecule has 0 atom stereocenters. The molecule has 3 rings (SSSR count). The van der Waals surface area contributed by atoms with E-state index in [0.717, 1.165) is 36.9 Å². The Hall–Kier alpha value is -1.69. The second kappa shape index (κ2) is 4.53. The standard InChI is InChI=1S/C12H17N5O/c1-17-6-10-11(13-7-14-12(10)16-17)15-8-2-4-9(18)5-3-8/h6-9,18H,2-5H2,1H3,(H,13,14,15,16). The van der Waals surface area contributed by atoms with Gasteiger partial charge in [-0.2, -0.15) is 5.10 Å². The zero-order valence-corrected chi connectivity index (χ0v) is 10.4. The molecule has 0 saturated heterocycles. The zero-order valence-electron chi connectivity index (χ0n) is 10.4. The van der Waals surface area contributed by atoms with Crippen LogP contribution in [0, 0.1) is 0 Å². The van der Waals surface area contributed by atoms with E-state index < -0.39 is 0 Å². The molecular weight excluding hydrogens is 230 g/mol. The number of anilines is 1. The molecular formula is C12H17N5O. The number of rotatable bonds is 2. The lowest BCUT2D eigenvalue weighted by atomic mass is 9.93.